The lowest BCUT2D eigenvalue weighted by Crippen LogP contribution is -2.44. The summed E-state index contributed by atoms with van der Waals surface area (Å²) in [6, 6.07) is 7.80. The first-order chi connectivity index (χ1) is 10.7. The molecule has 0 N–H and O–H groups in total. The van der Waals surface area contributed by atoms with E-state index in [0.29, 0.717) is 0 Å². The molecule has 0 amide bonds. The summed E-state index contributed by atoms with van der Waals surface area (Å²) in [6.45, 7) is 11.4. The van der Waals surface area contributed by atoms with Crippen molar-refractivity contribution in [1.29, 1.82) is 0 Å². The van der Waals surface area contributed by atoms with E-state index in [9.17, 15) is 0 Å². The van der Waals surface area contributed by atoms with Gasteiger partial charge in [-0.15, -0.1) is 6.42 Å². The van der Waals surface area contributed by atoms with Gasteiger partial charge in [-0.2, -0.15) is 0 Å². The quantitative estimate of drug-likeness (QED) is 0.361. The Kier molecular flexibility index (Phi) is 7.61. The summed E-state index contributed by atoms with van der Waals surface area (Å²) in [5.74, 6) is 9.15. The lowest BCUT2D eigenvalue weighted by atomic mass is 10.1. The SMILES string of the molecule is C#Cc1ccccc1C#CCC(CCBr)O[Si](C)(C)C(C)(C)C. The molecule has 0 aromatic heterocycles. The molecule has 0 saturated heterocycles. The van der Waals surface area contributed by atoms with E-state index in [-0.39, 0.29) is 11.1 Å². The van der Waals surface area contributed by atoms with Gasteiger partial charge in [0.15, 0.2) is 8.32 Å². The Balaban J connectivity index is 2.83. The third-order valence-corrected chi connectivity index (χ3v) is 9.33. The summed E-state index contributed by atoms with van der Waals surface area (Å²) in [5.41, 5.74) is 1.77. The Morgan fingerprint density at radius 3 is 2.35 bits per heavy atom. The van der Waals surface area contributed by atoms with Gasteiger partial charge in [0.25, 0.3) is 0 Å². The first kappa shape index (κ1) is 20.0. The molecule has 1 unspecified atom stereocenters. The molecule has 0 saturated carbocycles. The number of rotatable bonds is 5. The normalized spacial score (nSPS) is 12.9. The van der Waals surface area contributed by atoms with Crippen LogP contribution in [0.15, 0.2) is 24.3 Å². The van der Waals surface area contributed by atoms with Gasteiger partial charge in [-0.3, -0.25) is 0 Å². The highest BCUT2D eigenvalue weighted by Crippen LogP contribution is 2.38. The standard InChI is InChI=1S/C20H27BrOSi/c1-7-17-11-8-9-12-18(17)13-10-14-19(15-16-21)22-23(5,6)20(2,3)4/h1,8-9,11-12,19H,14-16H2,2-6H3. The first-order valence-corrected chi connectivity index (χ1v) is 12.0. The van der Waals surface area contributed by atoms with Crippen molar-refractivity contribution in [2.45, 2.75) is 57.8 Å². The molecule has 23 heavy (non-hydrogen) atoms. The third-order valence-electron chi connectivity index (χ3n) is 4.33. The number of alkyl halides is 1. The molecule has 0 bridgehead atoms. The van der Waals surface area contributed by atoms with Crippen molar-refractivity contribution in [2.24, 2.45) is 0 Å². The molecule has 0 aliphatic carbocycles. The van der Waals surface area contributed by atoms with E-state index in [1.807, 2.05) is 24.3 Å². The van der Waals surface area contributed by atoms with Crippen molar-refractivity contribution in [3.05, 3.63) is 35.4 Å². The average molecular weight is 391 g/mol. The van der Waals surface area contributed by atoms with Crippen LogP contribution in [0.2, 0.25) is 18.1 Å². The second kappa shape index (κ2) is 8.74. The lowest BCUT2D eigenvalue weighted by Gasteiger charge is -2.39. The number of terminal acetylenes is 1. The second-order valence-electron chi connectivity index (χ2n) is 7.17. The summed E-state index contributed by atoms with van der Waals surface area (Å²) in [5, 5.41) is 1.13. The fourth-order valence-corrected chi connectivity index (χ4v) is 3.79. The monoisotopic (exact) mass is 390 g/mol. The summed E-state index contributed by atoms with van der Waals surface area (Å²) in [4.78, 5) is 0. The van der Waals surface area contributed by atoms with Gasteiger partial charge in [-0.05, 0) is 36.7 Å². The Morgan fingerprint density at radius 1 is 1.22 bits per heavy atom. The van der Waals surface area contributed by atoms with Gasteiger partial charge in [0, 0.05) is 22.9 Å². The van der Waals surface area contributed by atoms with Gasteiger partial charge < -0.3 is 4.43 Å². The zero-order valence-corrected chi connectivity index (χ0v) is 17.5. The van der Waals surface area contributed by atoms with E-state index in [2.05, 4.69) is 67.6 Å². The number of hydrogen-bond acceptors (Lipinski definition) is 1. The van der Waals surface area contributed by atoms with Crippen LogP contribution in [-0.4, -0.2) is 19.8 Å². The molecule has 1 aromatic carbocycles. The molecule has 0 radical (unpaired) electrons. The molecule has 0 heterocycles. The van der Waals surface area contributed by atoms with Crippen molar-refractivity contribution < 1.29 is 4.43 Å². The van der Waals surface area contributed by atoms with Gasteiger partial charge in [0.1, 0.15) is 0 Å². The summed E-state index contributed by atoms with van der Waals surface area (Å²) in [7, 11) is -1.77. The van der Waals surface area contributed by atoms with E-state index >= 15 is 0 Å². The summed E-state index contributed by atoms with van der Waals surface area (Å²) < 4.78 is 6.50. The summed E-state index contributed by atoms with van der Waals surface area (Å²) >= 11 is 3.53. The fraction of sp³-hybridized carbons (Fsp3) is 0.500. The van der Waals surface area contributed by atoms with Crippen molar-refractivity contribution in [3.63, 3.8) is 0 Å². The Morgan fingerprint density at radius 2 is 1.83 bits per heavy atom. The van der Waals surface area contributed by atoms with E-state index in [4.69, 9.17) is 10.8 Å². The molecule has 0 spiro atoms. The highest BCUT2D eigenvalue weighted by molar-refractivity contribution is 9.09. The van der Waals surface area contributed by atoms with Crippen LogP contribution in [0.3, 0.4) is 0 Å². The molecule has 1 aromatic rings. The number of halogens is 1. The van der Waals surface area contributed by atoms with Gasteiger partial charge in [0.05, 0.1) is 6.10 Å². The molecular weight excluding hydrogens is 364 g/mol. The van der Waals surface area contributed by atoms with Crippen LogP contribution < -0.4 is 0 Å². The molecule has 0 fully saturated rings. The molecule has 124 valence electrons. The molecule has 1 nitrogen and oxygen atoms in total. The van der Waals surface area contributed by atoms with Crippen molar-refractivity contribution in [2.75, 3.05) is 5.33 Å². The van der Waals surface area contributed by atoms with E-state index < -0.39 is 8.32 Å². The summed E-state index contributed by atoms with van der Waals surface area (Å²) in [6.07, 6.45) is 7.39. The maximum absolute atomic E-state index is 6.50. The highest BCUT2D eigenvalue weighted by Gasteiger charge is 2.38. The maximum Gasteiger partial charge on any atom is 0.192 e. The number of benzene rings is 1. The van der Waals surface area contributed by atoms with Crippen LogP contribution >= 0.6 is 15.9 Å². The Bertz CT molecular complexity index is 611. The molecule has 0 aliphatic rings. The lowest BCUT2D eigenvalue weighted by molar-refractivity contribution is 0.183. The Labute approximate surface area is 151 Å². The van der Waals surface area contributed by atoms with Crippen LogP contribution in [0.5, 0.6) is 0 Å². The molecule has 0 aliphatic heterocycles. The van der Waals surface area contributed by atoms with Crippen LogP contribution in [0.1, 0.15) is 44.7 Å². The van der Waals surface area contributed by atoms with Gasteiger partial charge >= 0.3 is 0 Å². The fourth-order valence-electron chi connectivity index (χ4n) is 1.90. The molecule has 3 heteroatoms. The first-order valence-electron chi connectivity index (χ1n) is 7.99. The largest absolute Gasteiger partial charge is 0.413 e. The predicted molar refractivity (Wildman–Crippen MR) is 106 cm³/mol. The third kappa shape index (κ3) is 6.19. The van der Waals surface area contributed by atoms with Crippen molar-refractivity contribution in [3.8, 4) is 24.2 Å². The number of hydrogen-bond donors (Lipinski definition) is 0. The minimum Gasteiger partial charge on any atom is -0.413 e. The van der Waals surface area contributed by atoms with E-state index in [1.165, 1.54) is 0 Å². The van der Waals surface area contributed by atoms with Gasteiger partial charge in [-0.1, -0.05) is 66.6 Å². The minimum atomic E-state index is -1.77. The Hall–Kier alpha value is -1.00. The van der Waals surface area contributed by atoms with Crippen LogP contribution in [0, 0.1) is 24.2 Å². The van der Waals surface area contributed by atoms with Crippen LogP contribution in [-0.2, 0) is 4.43 Å². The van der Waals surface area contributed by atoms with Gasteiger partial charge in [0.2, 0.25) is 0 Å². The topological polar surface area (TPSA) is 9.23 Å². The van der Waals surface area contributed by atoms with Crippen LogP contribution in [0.4, 0.5) is 0 Å². The molecule has 1 atom stereocenters. The molecular formula is C20H27BrOSi. The van der Waals surface area contributed by atoms with E-state index in [0.717, 1.165) is 29.3 Å². The predicted octanol–water partition coefficient (Wildman–Crippen LogP) is 5.58. The van der Waals surface area contributed by atoms with Gasteiger partial charge in [-0.25, -0.2) is 0 Å². The van der Waals surface area contributed by atoms with Crippen molar-refractivity contribution >= 4 is 24.2 Å². The van der Waals surface area contributed by atoms with E-state index in [1.54, 1.807) is 0 Å². The zero-order valence-electron chi connectivity index (χ0n) is 14.9. The highest BCUT2D eigenvalue weighted by atomic mass is 79.9. The zero-order chi connectivity index (χ0) is 17.5. The maximum atomic E-state index is 6.50. The molecule has 1 rings (SSSR count). The van der Waals surface area contributed by atoms with Crippen LogP contribution in [0.25, 0.3) is 0 Å². The second-order valence-corrected chi connectivity index (χ2v) is 12.7. The average Bonchev–Trinajstić information content (AvgIpc) is 2.46. The minimum absolute atomic E-state index is 0.167. The van der Waals surface area contributed by atoms with Crippen molar-refractivity contribution in [1.82, 2.24) is 0 Å². The smallest absolute Gasteiger partial charge is 0.192 e.